The van der Waals surface area contributed by atoms with E-state index in [9.17, 15) is 4.79 Å². The van der Waals surface area contributed by atoms with Gasteiger partial charge in [-0.2, -0.15) is 0 Å². The number of hydrogen-bond acceptors (Lipinski definition) is 3. The van der Waals surface area contributed by atoms with Crippen LogP contribution in [-0.2, 0) is 11.2 Å². The van der Waals surface area contributed by atoms with Crippen molar-refractivity contribution in [3.05, 3.63) is 60.1 Å². The normalized spacial score (nSPS) is 12.1. The fraction of sp³-hybridized carbons (Fsp3) is 0.421. The van der Waals surface area contributed by atoms with Gasteiger partial charge in [-0.25, -0.2) is 4.79 Å². The molecule has 0 bridgehead atoms. The highest BCUT2D eigenvalue weighted by Crippen LogP contribution is 2.14. The highest BCUT2D eigenvalue weighted by atomic mass is 16.5. The van der Waals surface area contributed by atoms with Gasteiger partial charge in [0.2, 0.25) is 0 Å². The molecule has 1 aromatic carbocycles. The lowest BCUT2D eigenvalue weighted by Gasteiger charge is -2.18. The Morgan fingerprint density at radius 3 is 2.58 bits per heavy atom. The van der Waals surface area contributed by atoms with Crippen molar-refractivity contribution in [3.8, 4) is 0 Å². The maximum absolute atomic E-state index is 12.1. The summed E-state index contributed by atoms with van der Waals surface area (Å²) in [5, 5.41) is 5.79. The maximum Gasteiger partial charge on any atom is 0.315 e. The van der Waals surface area contributed by atoms with Crippen LogP contribution in [0.15, 0.2) is 53.1 Å². The second-order valence-electron chi connectivity index (χ2n) is 6.14. The Morgan fingerprint density at radius 1 is 1.12 bits per heavy atom. The summed E-state index contributed by atoms with van der Waals surface area (Å²) in [6, 6.07) is 13.2. The van der Waals surface area contributed by atoms with Crippen molar-refractivity contribution in [3.63, 3.8) is 0 Å². The van der Waals surface area contributed by atoms with Gasteiger partial charge in [0.15, 0.2) is 0 Å². The van der Waals surface area contributed by atoms with Gasteiger partial charge in [-0.3, -0.25) is 0 Å². The van der Waals surface area contributed by atoms with Crippen molar-refractivity contribution < 1.29 is 13.9 Å². The topological polar surface area (TPSA) is 63.5 Å². The van der Waals surface area contributed by atoms with Crippen molar-refractivity contribution >= 4 is 6.03 Å². The molecule has 2 rings (SSSR count). The van der Waals surface area contributed by atoms with Crippen molar-refractivity contribution in [1.82, 2.24) is 10.6 Å². The molecule has 130 valence electrons. The van der Waals surface area contributed by atoms with Gasteiger partial charge < -0.3 is 19.8 Å². The molecular formula is C19H26N2O3. The number of rotatable bonds is 9. The monoisotopic (exact) mass is 330 g/mol. The summed E-state index contributed by atoms with van der Waals surface area (Å²) < 4.78 is 11.1. The lowest BCUT2D eigenvalue weighted by molar-refractivity contribution is 0.0868. The fourth-order valence-electron chi connectivity index (χ4n) is 2.28. The molecule has 2 N–H and O–H groups in total. The second kappa shape index (κ2) is 9.78. The number of amides is 2. The van der Waals surface area contributed by atoms with E-state index in [0.717, 1.165) is 6.42 Å². The Morgan fingerprint density at radius 2 is 1.92 bits per heavy atom. The van der Waals surface area contributed by atoms with Gasteiger partial charge in [-0.1, -0.05) is 44.2 Å². The highest BCUT2D eigenvalue weighted by Gasteiger charge is 2.17. The fourth-order valence-corrected chi connectivity index (χ4v) is 2.28. The number of hydrogen-bond donors (Lipinski definition) is 2. The van der Waals surface area contributed by atoms with E-state index in [-0.39, 0.29) is 12.1 Å². The van der Waals surface area contributed by atoms with Gasteiger partial charge >= 0.3 is 6.03 Å². The third-order valence-corrected chi connectivity index (χ3v) is 3.47. The Labute approximate surface area is 143 Å². The van der Waals surface area contributed by atoms with Crippen LogP contribution in [0.2, 0.25) is 0 Å². The number of carbonyl (C=O) groups excluding carboxylic acids is 1. The molecule has 5 heteroatoms. The first-order valence-corrected chi connectivity index (χ1v) is 8.34. The zero-order valence-electron chi connectivity index (χ0n) is 14.3. The Bertz CT molecular complexity index is 582. The summed E-state index contributed by atoms with van der Waals surface area (Å²) >= 11 is 0. The number of carbonyl (C=O) groups is 1. The molecule has 5 nitrogen and oxygen atoms in total. The number of nitrogens with one attached hydrogen (secondary N) is 2. The van der Waals surface area contributed by atoms with Gasteiger partial charge in [-0.05, 0) is 30.0 Å². The first-order valence-electron chi connectivity index (χ1n) is 8.34. The van der Waals surface area contributed by atoms with Crippen LogP contribution >= 0.6 is 0 Å². The Kier molecular flexibility index (Phi) is 7.36. The summed E-state index contributed by atoms with van der Waals surface area (Å²) in [5.41, 5.74) is 1.20. The highest BCUT2D eigenvalue weighted by molar-refractivity contribution is 5.74. The molecule has 2 aromatic rings. The zero-order chi connectivity index (χ0) is 17.2. The molecule has 0 radical (unpaired) electrons. The minimum Gasteiger partial charge on any atom is -0.467 e. The maximum atomic E-state index is 12.1. The van der Waals surface area contributed by atoms with E-state index >= 15 is 0 Å². The average molecular weight is 330 g/mol. The van der Waals surface area contributed by atoms with Gasteiger partial charge in [0, 0.05) is 13.2 Å². The lowest BCUT2D eigenvalue weighted by Crippen LogP contribution is -2.40. The van der Waals surface area contributed by atoms with Crippen molar-refractivity contribution in [2.75, 3.05) is 19.8 Å². The summed E-state index contributed by atoms with van der Waals surface area (Å²) in [5.74, 6) is 1.14. The molecule has 0 aliphatic heterocycles. The van der Waals surface area contributed by atoms with E-state index in [2.05, 4.69) is 24.5 Å². The van der Waals surface area contributed by atoms with E-state index in [1.54, 1.807) is 12.3 Å². The van der Waals surface area contributed by atoms with Gasteiger partial charge in [0.25, 0.3) is 0 Å². The average Bonchev–Trinajstić information content (AvgIpc) is 3.09. The standard InChI is InChI=1S/C19H26N2O3/c1-15(2)13-23-14-17(18-9-6-12-24-18)21-19(22)20-11-10-16-7-4-3-5-8-16/h3-9,12,15,17H,10-11,13-14H2,1-2H3,(H2,20,21,22). The van der Waals surface area contributed by atoms with Crippen LogP contribution in [0.25, 0.3) is 0 Å². The SMILES string of the molecule is CC(C)COCC(NC(=O)NCCc1ccccc1)c1ccco1. The predicted molar refractivity (Wildman–Crippen MR) is 93.8 cm³/mol. The quantitative estimate of drug-likeness (QED) is 0.739. The molecule has 0 saturated heterocycles. The first-order chi connectivity index (χ1) is 11.6. The van der Waals surface area contributed by atoms with Crippen LogP contribution in [-0.4, -0.2) is 25.8 Å². The van der Waals surface area contributed by atoms with E-state index in [1.807, 2.05) is 36.4 Å². The smallest absolute Gasteiger partial charge is 0.315 e. The first kappa shape index (κ1) is 18.1. The summed E-state index contributed by atoms with van der Waals surface area (Å²) in [7, 11) is 0. The molecule has 1 aromatic heterocycles. The van der Waals surface area contributed by atoms with Crippen LogP contribution in [0.1, 0.15) is 31.2 Å². The molecule has 0 aliphatic rings. The molecule has 1 heterocycles. The zero-order valence-corrected chi connectivity index (χ0v) is 14.3. The summed E-state index contributed by atoms with van der Waals surface area (Å²) in [4.78, 5) is 12.1. The van der Waals surface area contributed by atoms with E-state index < -0.39 is 0 Å². The number of urea groups is 1. The number of ether oxygens (including phenoxy) is 1. The largest absolute Gasteiger partial charge is 0.467 e. The van der Waals surface area contributed by atoms with E-state index in [0.29, 0.717) is 31.4 Å². The lowest BCUT2D eigenvalue weighted by atomic mass is 10.1. The number of benzene rings is 1. The molecular weight excluding hydrogens is 304 g/mol. The van der Waals surface area contributed by atoms with Gasteiger partial charge in [0.05, 0.1) is 12.9 Å². The third-order valence-electron chi connectivity index (χ3n) is 3.47. The third kappa shape index (κ3) is 6.46. The van der Waals surface area contributed by atoms with E-state index in [4.69, 9.17) is 9.15 Å². The van der Waals surface area contributed by atoms with E-state index in [1.165, 1.54) is 5.56 Å². The van der Waals surface area contributed by atoms with Crippen LogP contribution in [0.4, 0.5) is 4.79 Å². The minimum atomic E-state index is -0.296. The van der Waals surface area contributed by atoms with Gasteiger partial charge in [0.1, 0.15) is 11.8 Å². The van der Waals surface area contributed by atoms with Crippen LogP contribution in [0.3, 0.4) is 0 Å². The van der Waals surface area contributed by atoms with Crippen molar-refractivity contribution in [1.29, 1.82) is 0 Å². The molecule has 0 spiro atoms. The number of furan rings is 1. The summed E-state index contributed by atoms with van der Waals surface area (Å²) in [6.45, 7) is 5.79. The molecule has 24 heavy (non-hydrogen) atoms. The Balaban J connectivity index is 1.78. The van der Waals surface area contributed by atoms with Crippen molar-refractivity contribution in [2.24, 2.45) is 5.92 Å². The van der Waals surface area contributed by atoms with Crippen LogP contribution in [0, 0.1) is 5.92 Å². The summed E-state index contributed by atoms with van der Waals surface area (Å²) in [6.07, 6.45) is 2.39. The minimum absolute atomic E-state index is 0.222. The molecule has 0 saturated carbocycles. The molecule has 0 aliphatic carbocycles. The van der Waals surface area contributed by atoms with Crippen molar-refractivity contribution in [2.45, 2.75) is 26.3 Å². The molecule has 1 atom stereocenters. The predicted octanol–water partition coefficient (Wildman–Crippen LogP) is 3.54. The second-order valence-corrected chi connectivity index (χ2v) is 6.14. The molecule has 1 unspecified atom stereocenters. The van der Waals surface area contributed by atoms with Crippen LogP contribution in [0.5, 0.6) is 0 Å². The molecule has 2 amide bonds. The van der Waals surface area contributed by atoms with Gasteiger partial charge in [-0.15, -0.1) is 0 Å². The Hall–Kier alpha value is -2.27. The molecule has 0 fully saturated rings. The van der Waals surface area contributed by atoms with Crippen LogP contribution < -0.4 is 10.6 Å².